The fourth-order valence-corrected chi connectivity index (χ4v) is 6.23. The number of fused-ring (bicyclic) bond motifs is 1. The summed E-state index contributed by atoms with van der Waals surface area (Å²) in [7, 11) is 3.18. The number of carboxylic acids is 1. The Balaban J connectivity index is 1.65. The summed E-state index contributed by atoms with van der Waals surface area (Å²) in [5.74, 6) is 0.385. The molecule has 2 aromatic carbocycles. The highest BCUT2D eigenvalue weighted by Gasteiger charge is 2.36. The van der Waals surface area contributed by atoms with Gasteiger partial charge in [0.2, 0.25) is 5.91 Å². The second kappa shape index (κ2) is 9.62. The van der Waals surface area contributed by atoms with E-state index in [0.29, 0.717) is 34.1 Å². The number of thiophene rings is 1. The number of hydrogen-bond acceptors (Lipinski definition) is 6. The second-order valence-electron chi connectivity index (χ2n) is 8.79. The normalized spacial score (nSPS) is 17.5. The molecule has 2 aliphatic rings. The number of hydrogen-bond donors (Lipinski definition) is 2. The van der Waals surface area contributed by atoms with Crippen LogP contribution in [0.1, 0.15) is 58.1 Å². The monoisotopic (exact) mass is 493 g/mol. The molecule has 0 spiro atoms. The number of carbonyl (C=O) groups excluding carboxylic acids is 1. The molecule has 1 saturated carbocycles. The van der Waals surface area contributed by atoms with Gasteiger partial charge in [-0.25, -0.2) is 4.79 Å². The maximum atomic E-state index is 12.9. The van der Waals surface area contributed by atoms with Crippen molar-refractivity contribution in [1.82, 2.24) is 0 Å². The molecule has 1 fully saturated rings. The number of aromatic carboxylic acids is 1. The van der Waals surface area contributed by atoms with Gasteiger partial charge in [-0.15, -0.1) is 11.3 Å². The highest BCUT2D eigenvalue weighted by molar-refractivity contribution is 7.15. The van der Waals surface area contributed by atoms with Gasteiger partial charge in [-0.3, -0.25) is 4.79 Å². The first kappa shape index (κ1) is 23.2. The minimum absolute atomic E-state index is 0.106. The van der Waals surface area contributed by atoms with Crippen LogP contribution in [-0.4, -0.2) is 37.3 Å². The molecule has 8 heteroatoms. The maximum Gasteiger partial charge on any atom is 0.346 e. The van der Waals surface area contributed by atoms with E-state index in [0.717, 1.165) is 36.1 Å². The molecule has 3 aromatic rings. The molecule has 182 valence electrons. The van der Waals surface area contributed by atoms with Crippen molar-refractivity contribution in [2.24, 2.45) is 0 Å². The molecule has 1 unspecified atom stereocenters. The molecule has 1 aliphatic heterocycles. The third-order valence-electron chi connectivity index (χ3n) is 6.67. The first-order chi connectivity index (χ1) is 17.0. The zero-order chi connectivity index (χ0) is 24.5. The van der Waals surface area contributed by atoms with Crippen LogP contribution in [0.3, 0.4) is 0 Å². The molecule has 2 N–H and O–H groups in total. The molecule has 1 atom stereocenters. The number of benzene rings is 2. The predicted octanol–water partition coefficient (Wildman–Crippen LogP) is 5.93. The lowest BCUT2D eigenvalue weighted by molar-refractivity contribution is -0.116. The van der Waals surface area contributed by atoms with Gasteiger partial charge in [0.25, 0.3) is 0 Å². The number of carboxylic acid groups (broad SMARTS) is 1. The number of anilines is 1. The van der Waals surface area contributed by atoms with Gasteiger partial charge in [0.05, 0.1) is 26.0 Å². The Morgan fingerprint density at radius 1 is 1.06 bits per heavy atom. The molecular formula is C27H27NO6S. The summed E-state index contributed by atoms with van der Waals surface area (Å²) in [6, 6.07) is 12.9. The zero-order valence-electron chi connectivity index (χ0n) is 19.6. The summed E-state index contributed by atoms with van der Waals surface area (Å²) in [4.78, 5) is 26.2. The van der Waals surface area contributed by atoms with E-state index in [2.05, 4.69) is 5.32 Å². The molecule has 1 aromatic heterocycles. The van der Waals surface area contributed by atoms with Crippen LogP contribution in [0, 0.1) is 0 Å². The number of methoxy groups -OCH3 is 2. The van der Waals surface area contributed by atoms with Gasteiger partial charge < -0.3 is 24.6 Å². The van der Waals surface area contributed by atoms with Crippen molar-refractivity contribution in [3.8, 4) is 28.4 Å². The van der Waals surface area contributed by atoms with E-state index in [4.69, 9.17) is 14.2 Å². The standard InChI is InChI=1S/C27H27NO6S/c1-32-16-12-10-15(11-13-16)22-23-25(35-26(22)27(30)31)19(14-21(29)28-23)18-8-5-9-20(33-2)24(18)34-17-6-3-4-7-17/h5,8-13,17,19H,3-4,6-7,14H2,1-2H3,(H,28,29)(H,30,31). The number of rotatable bonds is 7. The summed E-state index contributed by atoms with van der Waals surface area (Å²) in [6.45, 7) is 0. The average Bonchev–Trinajstić information content (AvgIpc) is 3.52. The van der Waals surface area contributed by atoms with Gasteiger partial charge in [-0.05, 0) is 49.4 Å². The third-order valence-corrected chi connectivity index (χ3v) is 7.96. The lowest BCUT2D eigenvalue weighted by atomic mass is 9.88. The van der Waals surface area contributed by atoms with Crippen molar-refractivity contribution in [1.29, 1.82) is 0 Å². The number of amides is 1. The molecular weight excluding hydrogens is 466 g/mol. The number of carbonyl (C=O) groups is 2. The van der Waals surface area contributed by atoms with Crippen LogP contribution >= 0.6 is 11.3 Å². The van der Waals surface area contributed by atoms with Crippen LogP contribution in [-0.2, 0) is 4.79 Å². The lowest BCUT2D eigenvalue weighted by Crippen LogP contribution is -2.23. The number of ether oxygens (including phenoxy) is 3. The van der Waals surface area contributed by atoms with Crippen LogP contribution in [0.4, 0.5) is 5.69 Å². The molecule has 0 radical (unpaired) electrons. The lowest BCUT2D eigenvalue weighted by Gasteiger charge is -2.27. The van der Waals surface area contributed by atoms with Gasteiger partial charge >= 0.3 is 5.97 Å². The minimum Gasteiger partial charge on any atom is -0.497 e. The van der Waals surface area contributed by atoms with Crippen molar-refractivity contribution in [3.63, 3.8) is 0 Å². The van der Waals surface area contributed by atoms with Gasteiger partial charge in [-0.2, -0.15) is 0 Å². The molecule has 0 bridgehead atoms. The summed E-state index contributed by atoms with van der Waals surface area (Å²) in [5, 5.41) is 13.0. The highest BCUT2D eigenvalue weighted by Crippen LogP contribution is 2.52. The summed E-state index contributed by atoms with van der Waals surface area (Å²) in [5.41, 5.74) is 2.61. The van der Waals surface area contributed by atoms with Gasteiger partial charge in [0, 0.05) is 28.3 Å². The van der Waals surface area contributed by atoms with E-state index >= 15 is 0 Å². The predicted molar refractivity (Wildman–Crippen MR) is 134 cm³/mol. The van der Waals surface area contributed by atoms with E-state index < -0.39 is 5.97 Å². The van der Waals surface area contributed by atoms with E-state index in [1.807, 2.05) is 30.3 Å². The van der Waals surface area contributed by atoms with E-state index in [1.165, 1.54) is 11.3 Å². The first-order valence-electron chi connectivity index (χ1n) is 11.7. The maximum absolute atomic E-state index is 12.9. The Hall–Kier alpha value is -3.52. The van der Waals surface area contributed by atoms with Gasteiger partial charge in [0.15, 0.2) is 11.5 Å². The van der Waals surface area contributed by atoms with Crippen LogP contribution in [0.25, 0.3) is 11.1 Å². The number of para-hydroxylation sites is 1. The van der Waals surface area contributed by atoms with Crippen molar-refractivity contribution in [2.45, 2.75) is 44.1 Å². The smallest absolute Gasteiger partial charge is 0.346 e. The van der Waals surface area contributed by atoms with Crippen molar-refractivity contribution in [2.75, 3.05) is 19.5 Å². The topological polar surface area (TPSA) is 94.1 Å². The molecule has 5 rings (SSSR count). The second-order valence-corrected chi connectivity index (χ2v) is 9.84. The Labute approximate surface area is 207 Å². The Morgan fingerprint density at radius 3 is 2.46 bits per heavy atom. The van der Waals surface area contributed by atoms with Crippen LogP contribution < -0.4 is 19.5 Å². The molecule has 1 amide bonds. The molecule has 2 heterocycles. The summed E-state index contributed by atoms with van der Waals surface area (Å²) < 4.78 is 17.3. The SMILES string of the molecule is COc1ccc(-c2c(C(=O)O)sc3c2NC(=O)CC3c2cccc(OC)c2OC2CCCC2)cc1. The minimum atomic E-state index is -1.03. The first-order valence-corrected chi connectivity index (χ1v) is 12.5. The fourth-order valence-electron chi connectivity index (χ4n) is 4.99. The molecule has 7 nitrogen and oxygen atoms in total. The van der Waals surface area contributed by atoms with Crippen molar-refractivity contribution in [3.05, 3.63) is 57.8 Å². The van der Waals surface area contributed by atoms with Gasteiger partial charge in [-0.1, -0.05) is 24.3 Å². The van der Waals surface area contributed by atoms with Crippen LogP contribution in [0.15, 0.2) is 42.5 Å². The third kappa shape index (κ3) is 4.34. The molecule has 1 aliphatic carbocycles. The van der Waals surface area contributed by atoms with E-state index in [9.17, 15) is 14.7 Å². The fraction of sp³-hybridized carbons (Fsp3) is 0.333. The van der Waals surface area contributed by atoms with Gasteiger partial charge in [0.1, 0.15) is 10.6 Å². The largest absolute Gasteiger partial charge is 0.497 e. The van der Waals surface area contributed by atoms with E-state index in [-0.39, 0.29) is 29.2 Å². The highest BCUT2D eigenvalue weighted by atomic mass is 32.1. The number of nitrogens with one attached hydrogen (secondary N) is 1. The quantitative estimate of drug-likeness (QED) is 0.424. The van der Waals surface area contributed by atoms with E-state index in [1.54, 1.807) is 26.4 Å². The molecule has 0 saturated heterocycles. The Kier molecular flexibility index (Phi) is 6.38. The van der Waals surface area contributed by atoms with Crippen LogP contribution in [0.5, 0.6) is 17.2 Å². The Morgan fingerprint density at radius 2 is 1.80 bits per heavy atom. The average molecular weight is 494 g/mol. The van der Waals surface area contributed by atoms with Crippen molar-refractivity contribution < 1.29 is 28.9 Å². The van der Waals surface area contributed by atoms with Crippen molar-refractivity contribution >= 4 is 28.9 Å². The van der Waals surface area contributed by atoms with Crippen LogP contribution in [0.2, 0.25) is 0 Å². The summed E-state index contributed by atoms with van der Waals surface area (Å²) in [6.07, 6.45) is 4.53. The zero-order valence-corrected chi connectivity index (χ0v) is 20.4. The Bertz CT molecular complexity index is 1260. The molecule has 35 heavy (non-hydrogen) atoms. The summed E-state index contributed by atoms with van der Waals surface area (Å²) >= 11 is 1.20.